The van der Waals surface area contributed by atoms with E-state index in [0.29, 0.717) is 6.61 Å². The molecule has 26 heavy (non-hydrogen) atoms. The van der Waals surface area contributed by atoms with Crippen molar-refractivity contribution in [1.29, 1.82) is 0 Å². The van der Waals surface area contributed by atoms with Crippen molar-refractivity contribution in [2.24, 2.45) is 0 Å². The third kappa shape index (κ3) is 3.98. The van der Waals surface area contributed by atoms with Crippen LogP contribution in [0.4, 0.5) is 0 Å². The summed E-state index contributed by atoms with van der Waals surface area (Å²) in [5, 5.41) is 0. The molecule has 4 heteroatoms. The largest absolute Gasteiger partial charge is 0.372 e. The number of hydrogen-bond donors (Lipinski definition) is 0. The first kappa shape index (κ1) is 17.7. The van der Waals surface area contributed by atoms with Crippen LogP contribution in [0.5, 0.6) is 0 Å². The summed E-state index contributed by atoms with van der Waals surface area (Å²) < 4.78 is 12.3. The van der Waals surface area contributed by atoms with Gasteiger partial charge in [-0.3, -0.25) is 9.88 Å². The molecule has 1 atom stereocenters. The Kier molecular flexibility index (Phi) is 5.07. The number of ether oxygens (including phenoxy) is 2. The lowest BCUT2D eigenvalue weighted by atomic mass is 9.84. The highest BCUT2D eigenvalue weighted by Gasteiger charge is 2.47. The molecule has 3 heterocycles. The molecule has 138 valence electrons. The van der Waals surface area contributed by atoms with Crippen LogP contribution in [0, 0.1) is 13.8 Å². The highest BCUT2D eigenvalue weighted by molar-refractivity contribution is 5.26. The van der Waals surface area contributed by atoms with Gasteiger partial charge in [0.25, 0.3) is 0 Å². The molecule has 0 amide bonds. The van der Waals surface area contributed by atoms with E-state index in [-0.39, 0.29) is 11.7 Å². The predicted molar refractivity (Wildman–Crippen MR) is 102 cm³/mol. The zero-order valence-electron chi connectivity index (χ0n) is 15.8. The molecule has 1 aromatic heterocycles. The van der Waals surface area contributed by atoms with Gasteiger partial charge in [0.1, 0.15) is 0 Å². The second-order valence-corrected chi connectivity index (χ2v) is 7.80. The molecule has 0 radical (unpaired) electrons. The van der Waals surface area contributed by atoms with Crippen molar-refractivity contribution in [2.75, 3.05) is 19.7 Å². The summed E-state index contributed by atoms with van der Waals surface area (Å²) in [4.78, 5) is 7.01. The van der Waals surface area contributed by atoms with Gasteiger partial charge in [-0.15, -0.1) is 0 Å². The molecule has 2 aliphatic rings. The van der Waals surface area contributed by atoms with Crippen molar-refractivity contribution in [1.82, 2.24) is 9.88 Å². The van der Waals surface area contributed by atoms with E-state index in [0.717, 1.165) is 50.5 Å². The van der Waals surface area contributed by atoms with Crippen molar-refractivity contribution >= 4 is 0 Å². The number of aryl methyl sites for hydroxylation is 2. The Labute approximate surface area is 156 Å². The minimum absolute atomic E-state index is 0.00830. The fourth-order valence-electron chi connectivity index (χ4n) is 4.14. The van der Waals surface area contributed by atoms with Gasteiger partial charge in [-0.25, -0.2) is 0 Å². The minimum Gasteiger partial charge on any atom is -0.372 e. The van der Waals surface area contributed by atoms with E-state index in [2.05, 4.69) is 41.1 Å². The van der Waals surface area contributed by atoms with Gasteiger partial charge in [-0.2, -0.15) is 0 Å². The third-order valence-electron chi connectivity index (χ3n) is 5.54. The summed E-state index contributed by atoms with van der Waals surface area (Å²) in [6.07, 6.45) is 2.24. The molecule has 2 saturated heterocycles. The Morgan fingerprint density at radius 3 is 2.81 bits per heavy atom. The van der Waals surface area contributed by atoms with Crippen LogP contribution in [-0.4, -0.2) is 41.3 Å². The van der Waals surface area contributed by atoms with Crippen LogP contribution in [0.1, 0.15) is 35.4 Å². The van der Waals surface area contributed by atoms with Crippen molar-refractivity contribution in [3.63, 3.8) is 0 Å². The summed E-state index contributed by atoms with van der Waals surface area (Å²) in [6, 6.07) is 14.7. The van der Waals surface area contributed by atoms with E-state index in [1.807, 2.05) is 25.1 Å². The van der Waals surface area contributed by atoms with Crippen molar-refractivity contribution in [3.05, 3.63) is 65.0 Å². The van der Waals surface area contributed by atoms with Crippen LogP contribution in [0.25, 0.3) is 0 Å². The molecule has 0 saturated carbocycles. The van der Waals surface area contributed by atoms with Crippen LogP contribution >= 0.6 is 0 Å². The second kappa shape index (κ2) is 7.47. The molecule has 2 aromatic rings. The molecule has 1 unspecified atom stereocenters. The maximum atomic E-state index is 6.17. The van der Waals surface area contributed by atoms with Crippen LogP contribution < -0.4 is 0 Å². The zero-order valence-corrected chi connectivity index (χ0v) is 15.8. The molecule has 4 nitrogen and oxygen atoms in total. The summed E-state index contributed by atoms with van der Waals surface area (Å²) in [5.41, 5.74) is 4.83. The first-order valence-electron chi connectivity index (χ1n) is 9.57. The highest BCUT2D eigenvalue weighted by Crippen LogP contribution is 2.36. The molecule has 0 aliphatic carbocycles. The Hall–Kier alpha value is -1.75. The van der Waals surface area contributed by atoms with Gasteiger partial charge in [0.2, 0.25) is 0 Å². The first-order chi connectivity index (χ1) is 12.6. The number of nitrogens with zero attached hydrogens (tertiary/aromatic N) is 2. The molecule has 2 fully saturated rings. The lowest BCUT2D eigenvalue weighted by Crippen LogP contribution is -2.65. The number of aromatic nitrogens is 1. The summed E-state index contributed by atoms with van der Waals surface area (Å²) in [6.45, 7) is 8.61. The van der Waals surface area contributed by atoms with E-state index in [1.165, 1.54) is 11.1 Å². The van der Waals surface area contributed by atoms with Gasteiger partial charge >= 0.3 is 0 Å². The predicted octanol–water partition coefficient (Wildman–Crippen LogP) is 3.65. The average Bonchev–Trinajstić information content (AvgIpc) is 2.61. The van der Waals surface area contributed by atoms with E-state index in [9.17, 15) is 0 Å². The van der Waals surface area contributed by atoms with Crippen LogP contribution in [0.3, 0.4) is 0 Å². The average molecular weight is 352 g/mol. The number of rotatable bonds is 5. The third-order valence-corrected chi connectivity index (χ3v) is 5.54. The number of benzene rings is 1. The highest BCUT2D eigenvalue weighted by atomic mass is 16.5. The van der Waals surface area contributed by atoms with E-state index >= 15 is 0 Å². The van der Waals surface area contributed by atoms with Gasteiger partial charge in [-0.1, -0.05) is 30.3 Å². The van der Waals surface area contributed by atoms with Gasteiger partial charge in [-0.05, 0) is 43.5 Å². The van der Waals surface area contributed by atoms with Crippen molar-refractivity contribution < 1.29 is 9.47 Å². The lowest BCUT2D eigenvalue weighted by molar-refractivity contribution is -0.200. The number of pyridine rings is 1. The maximum absolute atomic E-state index is 6.17. The normalized spacial score (nSPS) is 22.3. The van der Waals surface area contributed by atoms with Crippen LogP contribution in [0.2, 0.25) is 0 Å². The second-order valence-electron chi connectivity index (χ2n) is 7.80. The van der Waals surface area contributed by atoms with Gasteiger partial charge < -0.3 is 9.47 Å². The molecule has 2 aliphatic heterocycles. The molecule has 4 rings (SSSR count). The quantitative estimate of drug-likeness (QED) is 0.823. The summed E-state index contributed by atoms with van der Waals surface area (Å²) in [7, 11) is 0. The SMILES string of the molecule is Cc1cccc(COC2CCOC3(C2)CN(Cc2ccccc2C)C3)n1. The molecule has 1 aromatic carbocycles. The monoisotopic (exact) mass is 352 g/mol. The topological polar surface area (TPSA) is 34.6 Å². The minimum atomic E-state index is -0.00830. The molecule has 0 N–H and O–H groups in total. The van der Waals surface area contributed by atoms with Crippen LogP contribution in [-0.2, 0) is 22.6 Å². The molecule has 1 spiro atoms. The van der Waals surface area contributed by atoms with Crippen LogP contribution in [0.15, 0.2) is 42.5 Å². The smallest absolute Gasteiger partial charge is 0.0959 e. The van der Waals surface area contributed by atoms with E-state index < -0.39 is 0 Å². The van der Waals surface area contributed by atoms with Crippen molar-refractivity contribution in [2.45, 2.75) is 51.5 Å². The Morgan fingerprint density at radius 1 is 1.15 bits per heavy atom. The molecular formula is C22H28N2O2. The van der Waals surface area contributed by atoms with Gasteiger partial charge in [0, 0.05) is 38.4 Å². The summed E-state index contributed by atoms with van der Waals surface area (Å²) in [5.74, 6) is 0. The number of likely N-dealkylation sites (tertiary alicyclic amines) is 1. The van der Waals surface area contributed by atoms with E-state index in [1.54, 1.807) is 0 Å². The molecule has 0 bridgehead atoms. The Bertz CT molecular complexity index is 755. The van der Waals surface area contributed by atoms with E-state index in [4.69, 9.17) is 9.47 Å². The van der Waals surface area contributed by atoms with Crippen molar-refractivity contribution in [3.8, 4) is 0 Å². The van der Waals surface area contributed by atoms with Gasteiger partial charge in [0.05, 0.1) is 24.0 Å². The summed E-state index contributed by atoms with van der Waals surface area (Å²) >= 11 is 0. The lowest BCUT2D eigenvalue weighted by Gasteiger charge is -2.53. The number of hydrogen-bond acceptors (Lipinski definition) is 4. The molecular weight excluding hydrogens is 324 g/mol. The zero-order chi connectivity index (χ0) is 18.0. The fraction of sp³-hybridized carbons (Fsp3) is 0.500. The standard InChI is InChI=1S/C22H28N2O2/c1-17-6-3-4-8-19(17)13-24-15-22(16-24)12-21(10-11-26-22)25-14-20-9-5-7-18(2)23-20/h3-9,21H,10-16H2,1-2H3. The first-order valence-corrected chi connectivity index (χ1v) is 9.57. The maximum Gasteiger partial charge on any atom is 0.0959 e. The Balaban J connectivity index is 1.28. The van der Waals surface area contributed by atoms with Gasteiger partial charge in [0.15, 0.2) is 0 Å². The Morgan fingerprint density at radius 2 is 2.00 bits per heavy atom. The fourth-order valence-corrected chi connectivity index (χ4v) is 4.14.